The highest BCUT2D eigenvalue weighted by molar-refractivity contribution is 7.92. The summed E-state index contributed by atoms with van der Waals surface area (Å²) in [4.78, 5) is 16.4. The van der Waals surface area contributed by atoms with Gasteiger partial charge in [0.15, 0.2) is 0 Å². The zero-order chi connectivity index (χ0) is 31.1. The molecule has 0 aliphatic heterocycles. The number of nitrogens with zero attached hydrogens (tertiary/aromatic N) is 2. The Morgan fingerprint density at radius 3 is 2.09 bits per heavy atom. The molecule has 0 aliphatic rings. The Morgan fingerprint density at radius 2 is 1.58 bits per heavy atom. The average Bonchev–Trinajstić information content (AvgIpc) is 2.97. The number of carbonyl (C=O) groups is 1. The summed E-state index contributed by atoms with van der Waals surface area (Å²) < 4.78 is 75.5. The first-order valence-corrected chi connectivity index (χ1v) is 13.4. The molecule has 4 N–H and O–H groups in total. The summed E-state index contributed by atoms with van der Waals surface area (Å²) in [7, 11) is -2.85. The number of rotatable bonds is 9. The van der Waals surface area contributed by atoms with Crippen molar-refractivity contribution in [2.45, 2.75) is 24.7 Å². The van der Waals surface area contributed by atoms with E-state index in [2.05, 4.69) is 15.6 Å². The molecule has 15 heteroatoms. The zero-order valence-electron chi connectivity index (χ0n) is 22.6. The van der Waals surface area contributed by atoms with Gasteiger partial charge in [-0.15, -0.1) is 25.6 Å². The number of carboxylic acid groups (broad SMARTS) is 1. The lowest BCUT2D eigenvalue weighted by molar-refractivity contribution is -0.274. The van der Waals surface area contributed by atoms with Gasteiger partial charge in [0, 0.05) is 12.4 Å². The van der Waals surface area contributed by atoms with Crippen molar-refractivity contribution in [2.24, 2.45) is 5.90 Å². The minimum Gasteiger partial charge on any atom is -0.497 e. The second-order valence-corrected chi connectivity index (χ2v) is 10.5. The largest absolute Gasteiger partial charge is 0.573 e. The van der Waals surface area contributed by atoms with Gasteiger partial charge in [0.25, 0.3) is 10.0 Å². The molecule has 0 spiro atoms. The van der Waals surface area contributed by atoms with E-state index in [1.54, 1.807) is 25.1 Å². The lowest BCUT2D eigenvalue weighted by Gasteiger charge is -2.28. The van der Waals surface area contributed by atoms with Crippen LogP contribution in [0.15, 0.2) is 90.1 Å². The summed E-state index contributed by atoms with van der Waals surface area (Å²) >= 11 is 0. The average molecular weight is 642 g/mol. The molecular weight excluding hydrogens is 615 g/mol. The maximum absolute atomic E-state index is 13.9. The van der Waals surface area contributed by atoms with Gasteiger partial charge in [-0.05, 0) is 83.8 Å². The Balaban J connectivity index is 0.00000211. The fraction of sp³-hybridized carbons (Fsp3) is 0.143. The van der Waals surface area contributed by atoms with E-state index in [1.807, 2.05) is 0 Å². The van der Waals surface area contributed by atoms with E-state index < -0.39 is 28.1 Å². The first-order valence-electron chi connectivity index (χ1n) is 11.9. The van der Waals surface area contributed by atoms with Crippen LogP contribution in [0.5, 0.6) is 11.5 Å². The van der Waals surface area contributed by atoms with Crippen LogP contribution in [0.1, 0.15) is 21.5 Å². The van der Waals surface area contributed by atoms with Crippen molar-refractivity contribution < 1.29 is 46.2 Å². The number of aromatic carboxylic acids is 1. The van der Waals surface area contributed by atoms with Gasteiger partial charge >= 0.3 is 12.3 Å². The van der Waals surface area contributed by atoms with E-state index in [9.17, 15) is 31.5 Å². The van der Waals surface area contributed by atoms with Crippen molar-refractivity contribution in [1.82, 2.24) is 4.98 Å². The van der Waals surface area contributed by atoms with E-state index in [0.717, 1.165) is 16.4 Å². The first kappa shape index (κ1) is 34.8. The molecule has 10 nitrogen and oxygen atoms in total. The maximum atomic E-state index is 13.9. The molecule has 0 unspecified atom stereocenters. The van der Waals surface area contributed by atoms with E-state index in [-0.39, 0.29) is 35.1 Å². The number of hydrogen-bond acceptors (Lipinski definition) is 8. The van der Waals surface area contributed by atoms with Crippen molar-refractivity contribution in [3.05, 3.63) is 102 Å². The monoisotopic (exact) mass is 641 g/mol. The van der Waals surface area contributed by atoms with Crippen LogP contribution >= 0.6 is 12.4 Å². The van der Waals surface area contributed by atoms with Gasteiger partial charge < -0.3 is 19.8 Å². The van der Waals surface area contributed by atoms with Gasteiger partial charge in [-0.3, -0.25) is 9.29 Å². The number of pyridine rings is 1. The Bertz CT molecular complexity index is 1620. The molecule has 0 saturated carbocycles. The highest BCUT2D eigenvalue weighted by atomic mass is 35.5. The molecule has 4 rings (SSSR count). The third-order valence-corrected chi connectivity index (χ3v) is 7.66. The van der Waals surface area contributed by atoms with Gasteiger partial charge in [0.05, 0.1) is 29.8 Å². The number of benzene rings is 3. The number of carboxylic acids is 1. The SMILES string of the molecule is COc1ccc(S(=O)(=O)N(Cc2cccnc2)c2c(C)cc(-c3ccc(OC(F)(F)F)cc3)cc2C(=O)O)cc1.Cl.NO. The molecule has 0 amide bonds. The number of anilines is 1. The molecule has 0 saturated heterocycles. The van der Waals surface area contributed by atoms with Gasteiger partial charge in [-0.1, -0.05) is 18.2 Å². The highest BCUT2D eigenvalue weighted by Crippen LogP contribution is 2.37. The number of hydrogen-bond donors (Lipinski definition) is 3. The first-order chi connectivity index (χ1) is 19.9. The molecule has 1 aromatic heterocycles. The molecule has 0 atom stereocenters. The predicted octanol–water partition coefficient (Wildman–Crippen LogP) is 5.81. The van der Waals surface area contributed by atoms with Gasteiger partial charge in [0.2, 0.25) is 0 Å². The summed E-state index contributed by atoms with van der Waals surface area (Å²) in [6.07, 6.45) is -1.85. The number of nitrogens with two attached hydrogens (primary N) is 1. The zero-order valence-corrected chi connectivity index (χ0v) is 24.3. The number of aromatic nitrogens is 1. The molecule has 0 bridgehead atoms. The number of sulfonamides is 1. The van der Waals surface area contributed by atoms with Gasteiger partial charge in [-0.2, -0.15) is 0 Å². The minimum absolute atomic E-state index is 0. The lowest BCUT2D eigenvalue weighted by Crippen LogP contribution is -2.32. The van der Waals surface area contributed by atoms with E-state index in [1.165, 1.54) is 62.0 Å². The van der Waals surface area contributed by atoms with Crippen LogP contribution in [-0.2, 0) is 16.6 Å². The van der Waals surface area contributed by atoms with Crippen LogP contribution in [0, 0.1) is 6.92 Å². The van der Waals surface area contributed by atoms with E-state index in [0.29, 0.717) is 28.0 Å². The predicted molar refractivity (Wildman–Crippen MR) is 154 cm³/mol. The van der Waals surface area contributed by atoms with E-state index >= 15 is 0 Å². The number of aryl methyl sites for hydroxylation is 1. The van der Waals surface area contributed by atoms with E-state index in [4.69, 9.17) is 9.94 Å². The van der Waals surface area contributed by atoms with Crippen molar-refractivity contribution in [3.8, 4) is 22.6 Å². The molecule has 43 heavy (non-hydrogen) atoms. The summed E-state index contributed by atoms with van der Waals surface area (Å²) in [5, 5.41) is 16.7. The summed E-state index contributed by atoms with van der Waals surface area (Å²) in [5.74, 6) is 2.12. The molecule has 4 aromatic rings. The molecule has 0 radical (unpaired) electrons. The molecule has 230 valence electrons. The summed E-state index contributed by atoms with van der Waals surface area (Å²) in [5.41, 5.74) is 1.22. The smallest absolute Gasteiger partial charge is 0.497 e. The lowest BCUT2D eigenvalue weighted by atomic mass is 9.98. The minimum atomic E-state index is -4.86. The van der Waals surface area contributed by atoms with Crippen LogP contribution in [0.4, 0.5) is 18.9 Å². The fourth-order valence-corrected chi connectivity index (χ4v) is 5.64. The molecule has 0 aliphatic carbocycles. The Labute approximate surface area is 251 Å². The standard InChI is InChI=1S/C28H23F3N2O6S.ClH.H3NO/c1-18-14-21(20-5-7-23(8-6-20)39-28(29,30)31)15-25(27(34)35)26(18)33(17-19-4-3-13-32-16-19)40(36,37)24-11-9-22(38-2)10-12-24;;1-2/h3-16H,17H2,1-2H3,(H,34,35);1H;2H,1H2. The van der Waals surface area contributed by atoms with Gasteiger partial charge in [0.1, 0.15) is 11.5 Å². The number of ether oxygens (including phenoxy) is 2. The van der Waals surface area contributed by atoms with Crippen LogP contribution in [0.3, 0.4) is 0 Å². The topological polar surface area (TPSA) is 152 Å². The third kappa shape index (κ3) is 8.58. The molecule has 3 aromatic carbocycles. The Kier molecular flexibility index (Phi) is 11.9. The summed E-state index contributed by atoms with van der Waals surface area (Å²) in [6.45, 7) is 1.35. The van der Waals surface area contributed by atoms with Crippen molar-refractivity contribution >= 4 is 34.1 Å². The second-order valence-electron chi connectivity index (χ2n) is 8.62. The highest BCUT2D eigenvalue weighted by Gasteiger charge is 2.32. The van der Waals surface area contributed by atoms with Crippen LogP contribution < -0.4 is 19.7 Å². The fourth-order valence-electron chi connectivity index (χ4n) is 4.11. The van der Waals surface area contributed by atoms with Gasteiger partial charge in [-0.25, -0.2) is 19.1 Å². The molecule has 0 fully saturated rings. The quantitative estimate of drug-likeness (QED) is 0.192. The van der Waals surface area contributed by atoms with Crippen LogP contribution in [0.2, 0.25) is 0 Å². The summed E-state index contributed by atoms with van der Waals surface area (Å²) in [6, 6.07) is 16.7. The van der Waals surface area contributed by atoms with Crippen molar-refractivity contribution in [1.29, 1.82) is 0 Å². The van der Waals surface area contributed by atoms with Crippen LogP contribution in [0.25, 0.3) is 11.1 Å². The van der Waals surface area contributed by atoms with Crippen molar-refractivity contribution in [3.63, 3.8) is 0 Å². The number of methoxy groups -OCH3 is 1. The Hall–Kier alpha value is -4.37. The Morgan fingerprint density at radius 1 is 0.977 bits per heavy atom. The van der Waals surface area contributed by atoms with Crippen LogP contribution in [-0.4, -0.2) is 43.2 Å². The maximum Gasteiger partial charge on any atom is 0.573 e. The molecular formula is C28H27ClF3N3O7S. The normalized spacial score (nSPS) is 11.0. The number of alkyl halides is 3. The third-order valence-electron chi connectivity index (χ3n) is 5.90. The number of halogens is 4. The second kappa shape index (κ2) is 14.7. The van der Waals surface area contributed by atoms with Crippen molar-refractivity contribution in [2.75, 3.05) is 11.4 Å². The molecule has 1 heterocycles.